The molecule has 1 saturated carbocycles. The molecule has 0 spiro atoms. The van der Waals surface area contributed by atoms with E-state index in [-0.39, 0.29) is 11.9 Å². The van der Waals surface area contributed by atoms with Crippen LogP contribution in [0.2, 0.25) is 0 Å². The first kappa shape index (κ1) is 13.5. The molecule has 1 aromatic carbocycles. The molecule has 0 aromatic heterocycles. The van der Waals surface area contributed by atoms with Crippen LogP contribution >= 0.6 is 0 Å². The van der Waals surface area contributed by atoms with Gasteiger partial charge in [0, 0.05) is 18.6 Å². The Morgan fingerprint density at radius 1 is 1.22 bits per heavy atom. The maximum absolute atomic E-state index is 13.2. The van der Waals surface area contributed by atoms with Crippen molar-refractivity contribution in [2.24, 2.45) is 5.73 Å². The molecule has 0 aliphatic heterocycles. The fraction of sp³-hybridized carbons (Fsp3) is 0.600. The summed E-state index contributed by atoms with van der Waals surface area (Å²) >= 11 is 0. The van der Waals surface area contributed by atoms with Crippen molar-refractivity contribution >= 4 is 0 Å². The van der Waals surface area contributed by atoms with Crippen LogP contribution in [0.4, 0.5) is 4.39 Å². The summed E-state index contributed by atoms with van der Waals surface area (Å²) in [4.78, 5) is 0. The van der Waals surface area contributed by atoms with E-state index in [0.717, 1.165) is 5.56 Å². The lowest BCUT2D eigenvalue weighted by Crippen LogP contribution is -2.36. The normalized spacial score (nSPS) is 19.4. The summed E-state index contributed by atoms with van der Waals surface area (Å²) in [5.74, 6) is -0.186. The maximum atomic E-state index is 13.2. The molecule has 1 fully saturated rings. The fourth-order valence-corrected chi connectivity index (χ4v) is 2.75. The minimum Gasteiger partial charge on any atom is -0.329 e. The van der Waals surface area contributed by atoms with Crippen LogP contribution in [0.1, 0.15) is 50.1 Å². The van der Waals surface area contributed by atoms with Crippen LogP contribution < -0.4 is 11.1 Å². The van der Waals surface area contributed by atoms with Crippen molar-refractivity contribution in [3.8, 4) is 0 Å². The summed E-state index contributed by atoms with van der Waals surface area (Å²) in [5.41, 5.74) is 6.79. The zero-order valence-corrected chi connectivity index (χ0v) is 10.9. The molecule has 1 atom stereocenters. The van der Waals surface area contributed by atoms with Gasteiger partial charge in [-0.2, -0.15) is 0 Å². The number of halogens is 1. The van der Waals surface area contributed by atoms with Crippen LogP contribution in [0.15, 0.2) is 24.3 Å². The summed E-state index contributed by atoms with van der Waals surface area (Å²) in [5, 5.41) is 3.60. The van der Waals surface area contributed by atoms with Crippen molar-refractivity contribution in [2.75, 3.05) is 6.54 Å². The molecule has 0 saturated heterocycles. The highest BCUT2D eigenvalue weighted by atomic mass is 19.1. The molecule has 2 rings (SSSR count). The Morgan fingerprint density at radius 2 is 1.94 bits per heavy atom. The van der Waals surface area contributed by atoms with E-state index in [1.807, 2.05) is 6.07 Å². The Morgan fingerprint density at radius 3 is 2.56 bits per heavy atom. The van der Waals surface area contributed by atoms with E-state index in [0.29, 0.717) is 12.6 Å². The first-order valence-electron chi connectivity index (χ1n) is 7.01. The second kappa shape index (κ2) is 6.86. The summed E-state index contributed by atoms with van der Waals surface area (Å²) < 4.78 is 13.2. The number of rotatable bonds is 4. The van der Waals surface area contributed by atoms with Gasteiger partial charge in [-0.05, 0) is 30.5 Å². The first-order valence-corrected chi connectivity index (χ1v) is 7.01. The van der Waals surface area contributed by atoms with Crippen LogP contribution in [-0.4, -0.2) is 12.6 Å². The lowest BCUT2D eigenvalue weighted by atomic mass is 10.0. The molecule has 1 aromatic rings. The highest BCUT2D eigenvalue weighted by molar-refractivity contribution is 5.20. The van der Waals surface area contributed by atoms with E-state index in [9.17, 15) is 4.39 Å². The van der Waals surface area contributed by atoms with Crippen molar-refractivity contribution < 1.29 is 4.39 Å². The average Bonchev–Trinajstić information content (AvgIpc) is 2.64. The monoisotopic (exact) mass is 250 g/mol. The van der Waals surface area contributed by atoms with Gasteiger partial charge < -0.3 is 11.1 Å². The predicted molar refractivity (Wildman–Crippen MR) is 72.8 cm³/mol. The Bertz CT molecular complexity index is 359. The quantitative estimate of drug-likeness (QED) is 0.806. The second-order valence-corrected chi connectivity index (χ2v) is 5.20. The van der Waals surface area contributed by atoms with Crippen molar-refractivity contribution in [2.45, 2.75) is 50.6 Å². The second-order valence-electron chi connectivity index (χ2n) is 5.20. The van der Waals surface area contributed by atoms with E-state index in [2.05, 4.69) is 5.32 Å². The van der Waals surface area contributed by atoms with Crippen molar-refractivity contribution in [1.29, 1.82) is 0 Å². The minimum atomic E-state index is -0.186. The van der Waals surface area contributed by atoms with Crippen molar-refractivity contribution in [3.05, 3.63) is 35.6 Å². The molecule has 0 heterocycles. The zero-order chi connectivity index (χ0) is 12.8. The van der Waals surface area contributed by atoms with Crippen LogP contribution in [0.25, 0.3) is 0 Å². The summed E-state index contributed by atoms with van der Waals surface area (Å²) in [7, 11) is 0. The largest absolute Gasteiger partial charge is 0.329 e. The molecule has 100 valence electrons. The van der Waals surface area contributed by atoms with Crippen molar-refractivity contribution in [3.63, 3.8) is 0 Å². The SMILES string of the molecule is NCC(NC1CCCCCC1)c1cccc(F)c1. The van der Waals surface area contributed by atoms with Crippen molar-refractivity contribution in [1.82, 2.24) is 5.32 Å². The predicted octanol–water partition coefficient (Wildman–Crippen LogP) is 3.14. The van der Waals surface area contributed by atoms with Crippen LogP contribution in [0, 0.1) is 5.82 Å². The molecule has 1 unspecified atom stereocenters. The lowest BCUT2D eigenvalue weighted by molar-refractivity contribution is 0.401. The fourth-order valence-electron chi connectivity index (χ4n) is 2.75. The van der Waals surface area contributed by atoms with Gasteiger partial charge in [0.15, 0.2) is 0 Å². The summed E-state index contributed by atoms with van der Waals surface area (Å²) in [6, 6.07) is 7.37. The Hall–Kier alpha value is -0.930. The van der Waals surface area contributed by atoms with Gasteiger partial charge in [0.25, 0.3) is 0 Å². The van der Waals surface area contributed by atoms with Gasteiger partial charge in [-0.1, -0.05) is 37.8 Å². The molecule has 1 aliphatic carbocycles. The van der Waals surface area contributed by atoms with Gasteiger partial charge in [0.05, 0.1) is 0 Å². The highest BCUT2D eigenvalue weighted by Gasteiger charge is 2.17. The zero-order valence-electron chi connectivity index (χ0n) is 10.9. The van der Waals surface area contributed by atoms with Gasteiger partial charge in [0.2, 0.25) is 0 Å². The van der Waals surface area contributed by atoms with Gasteiger partial charge in [0.1, 0.15) is 5.82 Å². The summed E-state index contributed by atoms with van der Waals surface area (Å²) in [6.45, 7) is 0.514. The van der Waals surface area contributed by atoms with Crippen LogP contribution in [0.3, 0.4) is 0 Å². The number of nitrogens with two attached hydrogens (primary N) is 1. The van der Waals surface area contributed by atoms with E-state index >= 15 is 0 Å². The molecule has 1 aliphatic rings. The van der Waals surface area contributed by atoms with Gasteiger partial charge in [-0.3, -0.25) is 0 Å². The average molecular weight is 250 g/mol. The third-order valence-corrected chi connectivity index (χ3v) is 3.78. The molecule has 18 heavy (non-hydrogen) atoms. The standard InChI is InChI=1S/C15H23FN2/c16-13-7-5-6-12(10-13)15(11-17)18-14-8-3-1-2-4-9-14/h5-7,10,14-15,18H,1-4,8-9,11,17H2. The first-order chi connectivity index (χ1) is 8.79. The topological polar surface area (TPSA) is 38.0 Å². The van der Waals surface area contributed by atoms with Gasteiger partial charge in [-0.25, -0.2) is 4.39 Å². The number of benzene rings is 1. The molecule has 0 amide bonds. The smallest absolute Gasteiger partial charge is 0.123 e. The molecular weight excluding hydrogens is 227 g/mol. The Kier molecular flexibility index (Phi) is 5.14. The molecule has 2 nitrogen and oxygen atoms in total. The third-order valence-electron chi connectivity index (χ3n) is 3.78. The molecule has 0 bridgehead atoms. The third kappa shape index (κ3) is 3.79. The minimum absolute atomic E-state index is 0.0730. The van der Waals surface area contributed by atoms with E-state index in [1.165, 1.54) is 44.6 Å². The van der Waals surface area contributed by atoms with E-state index in [1.54, 1.807) is 12.1 Å². The Balaban J connectivity index is 1.99. The lowest BCUT2D eigenvalue weighted by Gasteiger charge is -2.24. The molecule has 0 radical (unpaired) electrons. The van der Waals surface area contributed by atoms with E-state index in [4.69, 9.17) is 5.73 Å². The molecular formula is C15H23FN2. The molecule has 3 heteroatoms. The molecule has 3 N–H and O–H groups in total. The maximum Gasteiger partial charge on any atom is 0.123 e. The summed E-state index contributed by atoms with van der Waals surface area (Å²) in [6.07, 6.45) is 7.69. The van der Waals surface area contributed by atoms with Gasteiger partial charge >= 0.3 is 0 Å². The number of hydrogen-bond acceptors (Lipinski definition) is 2. The Labute approximate surface area is 109 Å². The van der Waals surface area contributed by atoms with Crippen LogP contribution in [0.5, 0.6) is 0 Å². The van der Waals surface area contributed by atoms with Gasteiger partial charge in [-0.15, -0.1) is 0 Å². The van der Waals surface area contributed by atoms with Crippen LogP contribution in [-0.2, 0) is 0 Å². The number of hydrogen-bond donors (Lipinski definition) is 2. The number of nitrogens with one attached hydrogen (secondary N) is 1. The highest BCUT2D eigenvalue weighted by Crippen LogP contribution is 2.21. The van der Waals surface area contributed by atoms with E-state index < -0.39 is 0 Å².